The van der Waals surface area contributed by atoms with Crippen LogP contribution in [0.1, 0.15) is 0 Å². The van der Waals surface area contributed by atoms with Crippen molar-refractivity contribution >= 4 is 23.6 Å². The SMILES string of the molecule is O.O.O=c1[nH]c(=O)n(Cl)c(=O)n1Cl.[Na+]. The second kappa shape index (κ2) is 7.23. The number of hydrogen-bond donors (Lipinski definition) is 1. The van der Waals surface area contributed by atoms with Crippen molar-refractivity contribution in [1.82, 2.24) is 13.2 Å². The van der Waals surface area contributed by atoms with Gasteiger partial charge in [0.05, 0.1) is 0 Å². The number of nitrogens with zero attached hydrogens (tertiary/aromatic N) is 2. The molecular weight excluding hydrogens is 252 g/mol. The first-order valence-electron chi connectivity index (χ1n) is 2.34. The fraction of sp³-hybridized carbons (Fsp3) is 0. The van der Waals surface area contributed by atoms with E-state index in [-0.39, 0.29) is 48.7 Å². The van der Waals surface area contributed by atoms with Gasteiger partial charge in [-0.05, 0) is 0 Å². The van der Waals surface area contributed by atoms with Crippen LogP contribution in [0, 0.1) is 0 Å². The Kier molecular flexibility index (Phi) is 10.1. The van der Waals surface area contributed by atoms with Crippen LogP contribution in [-0.2, 0) is 0 Å². The van der Waals surface area contributed by atoms with Gasteiger partial charge in [0.1, 0.15) is 0 Å². The Morgan fingerprint density at radius 2 is 1.21 bits per heavy atom. The van der Waals surface area contributed by atoms with E-state index in [1.807, 2.05) is 0 Å². The van der Waals surface area contributed by atoms with Gasteiger partial charge in [-0.15, -0.1) is 8.17 Å². The molecule has 0 radical (unpaired) electrons. The number of aromatic nitrogens is 3. The zero-order chi connectivity index (χ0) is 8.59. The normalized spacial score (nSPS) is 7.86. The molecule has 1 heterocycles. The summed E-state index contributed by atoms with van der Waals surface area (Å²) in [5.74, 6) is 0. The minimum Gasteiger partial charge on any atom is -0.412 e. The number of aromatic amines is 1. The molecule has 0 fully saturated rings. The van der Waals surface area contributed by atoms with Crippen molar-refractivity contribution in [3.63, 3.8) is 0 Å². The van der Waals surface area contributed by atoms with E-state index in [0.717, 1.165) is 0 Å². The fourth-order valence-corrected chi connectivity index (χ4v) is 0.715. The molecule has 0 spiro atoms. The number of hydrogen-bond acceptors (Lipinski definition) is 3. The first-order valence-corrected chi connectivity index (χ1v) is 3.02. The Labute approximate surface area is 108 Å². The van der Waals surface area contributed by atoms with E-state index in [4.69, 9.17) is 23.6 Å². The molecule has 1 aromatic rings. The van der Waals surface area contributed by atoms with Gasteiger partial charge in [0.25, 0.3) is 0 Å². The van der Waals surface area contributed by atoms with Crippen LogP contribution in [-0.4, -0.2) is 24.1 Å². The summed E-state index contributed by atoms with van der Waals surface area (Å²) in [5, 5.41) is 0. The van der Waals surface area contributed by atoms with Gasteiger partial charge in [-0.1, -0.05) is 0 Å². The second-order valence-corrected chi connectivity index (χ2v) is 2.26. The van der Waals surface area contributed by atoms with Gasteiger partial charge < -0.3 is 11.0 Å². The maximum Gasteiger partial charge on any atom is 1.00 e. The van der Waals surface area contributed by atoms with Crippen molar-refractivity contribution in [3.05, 3.63) is 31.5 Å². The van der Waals surface area contributed by atoms with E-state index in [0.29, 0.717) is 0 Å². The van der Waals surface area contributed by atoms with Crippen molar-refractivity contribution in [2.45, 2.75) is 0 Å². The van der Waals surface area contributed by atoms with Crippen molar-refractivity contribution < 1.29 is 40.5 Å². The van der Waals surface area contributed by atoms with Crippen LogP contribution in [0.25, 0.3) is 0 Å². The van der Waals surface area contributed by atoms with Gasteiger partial charge in [-0.2, -0.15) is 0 Å². The van der Waals surface area contributed by atoms with Crippen LogP contribution in [0.2, 0.25) is 0 Å². The standard InChI is InChI=1S/C3HCl2N3O3.Na.2H2O/c4-7-1(9)6-2(10)8(5)3(7)11;;;/h(H,6,9,10);;2*1H2/q;+1;;. The third-order valence-corrected chi connectivity index (χ3v) is 1.50. The molecule has 0 saturated heterocycles. The quantitative estimate of drug-likeness (QED) is 0.462. The molecule has 0 aliphatic rings. The Morgan fingerprint density at radius 3 is 1.50 bits per heavy atom. The molecule has 1 aromatic heterocycles. The minimum atomic E-state index is -1.10. The molecule has 0 unspecified atom stereocenters. The molecule has 0 bridgehead atoms. The van der Waals surface area contributed by atoms with E-state index < -0.39 is 17.1 Å². The van der Waals surface area contributed by atoms with Crippen molar-refractivity contribution in [1.29, 1.82) is 0 Å². The van der Waals surface area contributed by atoms with Crippen LogP contribution in [0.4, 0.5) is 0 Å². The molecule has 0 saturated carbocycles. The van der Waals surface area contributed by atoms with Crippen LogP contribution >= 0.6 is 23.6 Å². The fourth-order valence-electron chi connectivity index (χ4n) is 0.440. The summed E-state index contributed by atoms with van der Waals surface area (Å²) in [5.41, 5.74) is -3.13. The number of H-pyrrole nitrogens is 1. The largest absolute Gasteiger partial charge is 1.00 e. The zero-order valence-electron chi connectivity index (χ0n) is 6.88. The van der Waals surface area contributed by atoms with E-state index in [9.17, 15) is 14.4 Å². The topological polar surface area (TPSA) is 140 Å². The van der Waals surface area contributed by atoms with E-state index in [1.54, 1.807) is 4.98 Å². The molecule has 1 rings (SSSR count). The summed E-state index contributed by atoms with van der Waals surface area (Å²) in [4.78, 5) is 33.4. The van der Waals surface area contributed by atoms with Gasteiger partial charge in [0.2, 0.25) is 0 Å². The molecule has 5 N–H and O–H groups in total. The number of halogens is 2. The molecule has 14 heavy (non-hydrogen) atoms. The Bertz CT molecular complexity index is 412. The smallest absolute Gasteiger partial charge is 0.412 e. The monoisotopic (exact) mass is 256 g/mol. The average Bonchev–Trinajstić information content (AvgIpc) is 1.97. The maximum absolute atomic E-state index is 10.7. The summed E-state index contributed by atoms with van der Waals surface area (Å²) in [6, 6.07) is 0. The average molecular weight is 257 g/mol. The van der Waals surface area contributed by atoms with Gasteiger partial charge in [-0.25, -0.2) is 14.4 Å². The molecule has 8 nitrogen and oxygen atoms in total. The van der Waals surface area contributed by atoms with Gasteiger partial charge >= 0.3 is 46.6 Å². The van der Waals surface area contributed by atoms with Crippen LogP contribution < -0.4 is 46.6 Å². The summed E-state index contributed by atoms with van der Waals surface area (Å²) in [6.07, 6.45) is 0. The summed E-state index contributed by atoms with van der Waals surface area (Å²) in [7, 11) is 0. The predicted molar refractivity (Wildman–Crippen MR) is 45.3 cm³/mol. The van der Waals surface area contributed by atoms with E-state index in [2.05, 4.69) is 0 Å². The van der Waals surface area contributed by atoms with Gasteiger partial charge in [0.15, 0.2) is 0 Å². The molecule has 76 valence electrons. The maximum atomic E-state index is 10.7. The number of rotatable bonds is 0. The van der Waals surface area contributed by atoms with Crippen molar-refractivity contribution in [2.24, 2.45) is 0 Å². The van der Waals surface area contributed by atoms with E-state index >= 15 is 0 Å². The van der Waals surface area contributed by atoms with Crippen molar-refractivity contribution in [2.75, 3.05) is 0 Å². The molecule has 0 aliphatic heterocycles. The van der Waals surface area contributed by atoms with E-state index in [1.165, 1.54) is 0 Å². The third kappa shape index (κ3) is 3.58. The summed E-state index contributed by atoms with van der Waals surface area (Å²) in [6.45, 7) is 0. The summed E-state index contributed by atoms with van der Waals surface area (Å²) < 4.78 is 0.322. The molecule has 0 atom stereocenters. The Balaban J connectivity index is -0.000000403. The number of nitrogens with one attached hydrogen (secondary N) is 1. The first-order chi connectivity index (χ1) is 5.04. The van der Waals surface area contributed by atoms with Crippen molar-refractivity contribution in [3.8, 4) is 0 Å². The van der Waals surface area contributed by atoms with Crippen LogP contribution in [0.5, 0.6) is 0 Å². The second-order valence-electron chi connectivity index (χ2n) is 1.58. The van der Waals surface area contributed by atoms with Gasteiger partial charge in [-0.3, -0.25) is 4.98 Å². The molecule has 0 aromatic carbocycles. The first kappa shape index (κ1) is 19.5. The van der Waals surface area contributed by atoms with Crippen LogP contribution in [0.3, 0.4) is 0 Å². The molecular formula is C3H5Cl2N3NaO5+. The predicted octanol–water partition coefficient (Wildman–Crippen LogP) is -5.94. The summed E-state index contributed by atoms with van der Waals surface area (Å²) >= 11 is 10.1. The minimum absolute atomic E-state index is 0. The van der Waals surface area contributed by atoms with Crippen LogP contribution in [0.15, 0.2) is 14.4 Å². The third-order valence-electron chi connectivity index (χ3n) is 0.906. The molecule has 11 heteroatoms. The molecule has 0 aliphatic carbocycles. The Morgan fingerprint density at radius 1 is 0.929 bits per heavy atom. The van der Waals surface area contributed by atoms with Gasteiger partial charge in [0, 0.05) is 23.6 Å². The molecule has 0 amide bonds. The zero-order valence-corrected chi connectivity index (χ0v) is 10.4. The Hall–Kier alpha value is -0.0900.